The minimum Gasteiger partial charge on any atom is -0.481 e. The second-order valence-corrected chi connectivity index (χ2v) is 5.91. The number of hydrogen-bond acceptors (Lipinski definition) is 6. The third kappa shape index (κ3) is 3.91. The molecule has 7 heteroatoms. The molecule has 0 aromatic carbocycles. The molecule has 1 saturated heterocycles. The first kappa shape index (κ1) is 16.4. The molecule has 0 amide bonds. The normalized spacial score (nSPS) is 15.5. The first-order valence-electron chi connectivity index (χ1n) is 8.18. The number of pyridine rings is 1. The van der Waals surface area contributed by atoms with Crippen LogP contribution >= 0.6 is 0 Å². The van der Waals surface area contributed by atoms with E-state index in [0.717, 1.165) is 44.4 Å². The molecular weight excluding hydrogens is 306 g/mol. The van der Waals surface area contributed by atoms with Gasteiger partial charge in [0.15, 0.2) is 0 Å². The van der Waals surface area contributed by atoms with E-state index < -0.39 is 0 Å². The Balaban J connectivity index is 1.55. The third-order valence-corrected chi connectivity index (χ3v) is 4.24. The first-order valence-corrected chi connectivity index (χ1v) is 8.18. The van der Waals surface area contributed by atoms with Crippen LogP contribution in [0.3, 0.4) is 0 Å². The molecule has 2 aromatic heterocycles. The van der Waals surface area contributed by atoms with Crippen molar-refractivity contribution < 1.29 is 4.74 Å². The van der Waals surface area contributed by atoms with Crippen LogP contribution < -0.4 is 15.2 Å². The molecule has 3 heterocycles. The van der Waals surface area contributed by atoms with Gasteiger partial charge in [-0.05, 0) is 13.0 Å². The largest absolute Gasteiger partial charge is 0.481 e. The van der Waals surface area contributed by atoms with E-state index in [9.17, 15) is 4.79 Å². The lowest BCUT2D eigenvalue weighted by atomic mass is 10.3. The van der Waals surface area contributed by atoms with Gasteiger partial charge < -0.3 is 14.2 Å². The first-order chi connectivity index (χ1) is 11.7. The van der Waals surface area contributed by atoms with Gasteiger partial charge in [0.2, 0.25) is 11.8 Å². The van der Waals surface area contributed by atoms with E-state index in [1.54, 1.807) is 23.8 Å². The van der Waals surface area contributed by atoms with Gasteiger partial charge in [0.1, 0.15) is 0 Å². The molecular formula is C17H23N5O2. The maximum absolute atomic E-state index is 11.7. The predicted molar refractivity (Wildman–Crippen MR) is 92.7 cm³/mol. The molecule has 24 heavy (non-hydrogen) atoms. The molecule has 0 saturated carbocycles. The van der Waals surface area contributed by atoms with Crippen LogP contribution in [0.4, 0.5) is 5.95 Å². The van der Waals surface area contributed by atoms with E-state index in [1.165, 1.54) is 0 Å². The Morgan fingerprint density at radius 3 is 2.62 bits per heavy atom. The second-order valence-electron chi connectivity index (χ2n) is 5.91. The Kier molecular flexibility index (Phi) is 5.10. The molecule has 1 aliphatic heterocycles. The number of rotatable bonds is 5. The van der Waals surface area contributed by atoms with Crippen molar-refractivity contribution in [2.45, 2.75) is 13.5 Å². The summed E-state index contributed by atoms with van der Waals surface area (Å²) in [6.45, 7) is 7.14. The Morgan fingerprint density at radius 2 is 1.92 bits per heavy atom. The van der Waals surface area contributed by atoms with Crippen LogP contribution in [0.15, 0.2) is 35.3 Å². The van der Waals surface area contributed by atoms with Crippen LogP contribution in [0.5, 0.6) is 5.88 Å². The maximum atomic E-state index is 11.7. The van der Waals surface area contributed by atoms with E-state index in [2.05, 4.69) is 19.8 Å². The zero-order chi connectivity index (χ0) is 16.9. The highest BCUT2D eigenvalue weighted by atomic mass is 16.5. The molecule has 128 valence electrons. The minimum absolute atomic E-state index is 0.0522. The molecule has 0 aliphatic carbocycles. The molecule has 1 aliphatic rings. The van der Waals surface area contributed by atoms with Crippen molar-refractivity contribution >= 4 is 5.95 Å². The lowest BCUT2D eigenvalue weighted by Gasteiger charge is -2.34. The quantitative estimate of drug-likeness (QED) is 0.808. The summed E-state index contributed by atoms with van der Waals surface area (Å²) in [5, 5.41) is 0. The number of anilines is 1. The highest BCUT2D eigenvalue weighted by molar-refractivity contribution is 5.35. The standard InChI is InChI=1S/C17H23N5O2/c1-14-13-15(24-2)19-17(18-14)22-11-8-20(9-12-22)7-10-21-6-4-3-5-16(21)23/h3-6,13H,7-12H2,1-2H3. The van der Waals surface area contributed by atoms with Crippen molar-refractivity contribution in [3.8, 4) is 5.88 Å². The highest BCUT2D eigenvalue weighted by Crippen LogP contribution is 2.16. The maximum Gasteiger partial charge on any atom is 0.250 e. The number of nitrogens with zero attached hydrogens (tertiary/aromatic N) is 5. The SMILES string of the molecule is COc1cc(C)nc(N2CCN(CCn3ccccc3=O)CC2)n1. The van der Waals surface area contributed by atoms with Crippen LogP contribution in [0.25, 0.3) is 0 Å². The molecule has 0 N–H and O–H groups in total. The summed E-state index contributed by atoms with van der Waals surface area (Å²) in [5.41, 5.74) is 0.958. The number of ether oxygens (including phenoxy) is 1. The van der Waals surface area contributed by atoms with E-state index in [-0.39, 0.29) is 5.56 Å². The van der Waals surface area contributed by atoms with E-state index in [0.29, 0.717) is 12.4 Å². The molecule has 0 bridgehead atoms. The predicted octanol–water partition coefficient (Wildman–Crippen LogP) is 0.778. The Hall–Kier alpha value is -2.41. The molecule has 1 fully saturated rings. The van der Waals surface area contributed by atoms with Crippen LogP contribution in [-0.2, 0) is 6.54 Å². The van der Waals surface area contributed by atoms with Gasteiger partial charge in [-0.25, -0.2) is 4.98 Å². The van der Waals surface area contributed by atoms with E-state index in [1.807, 2.05) is 25.3 Å². The van der Waals surface area contributed by atoms with Gasteiger partial charge in [-0.2, -0.15) is 4.98 Å². The van der Waals surface area contributed by atoms with Crippen molar-refractivity contribution in [1.82, 2.24) is 19.4 Å². The monoisotopic (exact) mass is 329 g/mol. The molecule has 2 aromatic rings. The molecule has 3 rings (SSSR count). The van der Waals surface area contributed by atoms with Crippen molar-refractivity contribution in [1.29, 1.82) is 0 Å². The Labute approximate surface area is 141 Å². The van der Waals surface area contributed by atoms with Gasteiger partial charge in [0.25, 0.3) is 5.56 Å². The summed E-state index contributed by atoms with van der Waals surface area (Å²) in [6.07, 6.45) is 1.84. The molecule has 0 atom stereocenters. The van der Waals surface area contributed by atoms with Gasteiger partial charge in [0.05, 0.1) is 7.11 Å². The fourth-order valence-electron chi connectivity index (χ4n) is 2.84. The van der Waals surface area contributed by atoms with Crippen LogP contribution in [0.2, 0.25) is 0 Å². The lowest BCUT2D eigenvalue weighted by molar-refractivity contribution is 0.246. The summed E-state index contributed by atoms with van der Waals surface area (Å²) in [5.74, 6) is 1.33. The Bertz CT molecular complexity index is 738. The van der Waals surface area contributed by atoms with Crippen molar-refractivity contribution in [3.05, 3.63) is 46.5 Å². The fraction of sp³-hybridized carbons (Fsp3) is 0.471. The van der Waals surface area contributed by atoms with Gasteiger partial charge >= 0.3 is 0 Å². The molecule has 0 unspecified atom stereocenters. The highest BCUT2D eigenvalue weighted by Gasteiger charge is 2.19. The van der Waals surface area contributed by atoms with Crippen molar-refractivity contribution in [2.75, 3.05) is 44.7 Å². The molecule has 0 radical (unpaired) electrons. The summed E-state index contributed by atoms with van der Waals surface area (Å²) in [6, 6.07) is 7.09. The van der Waals surface area contributed by atoms with E-state index >= 15 is 0 Å². The summed E-state index contributed by atoms with van der Waals surface area (Å²) < 4.78 is 6.98. The van der Waals surface area contributed by atoms with Crippen LogP contribution in [0.1, 0.15) is 5.69 Å². The second kappa shape index (κ2) is 7.44. The van der Waals surface area contributed by atoms with Crippen molar-refractivity contribution in [2.24, 2.45) is 0 Å². The number of piperazine rings is 1. The van der Waals surface area contributed by atoms with Crippen LogP contribution in [0, 0.1) is 6.92 Å². The zero-order valence-corrected chi connectivity index (χ0v) is 14.2. The number of hydrogen-bond donors (Lipinski definition) is 0. The fourth-order valence-corrected chi connectivity index (χ4v) is 2.84. The number of aromatic nitrogens is 3. The number of methoxy groups -OCH3 is 1. The number of aryl methyl sites for hydroxylation is 1. The smallest absolute Gasteiger partial charge is 0.250 e. The topological polar surface area (TPSA) is 63.5 Å². The average molecular weight is 329 g/mol. The summed E-state index contributed by atoms with van der Waals surface area (Å²) in [7, 11) is 1.62. The van der Waals surface area contributed by atoms with Gasteiger partial charge in [-0.3, -0.25) is 9.69 Å². The lowest BCUT2D eigenvalue weighted by Crippen LogP contribution is -2.48. The molecule has 7 nitrogen and oxygen atoms in total. The van der Waals surface area contributed by atoms with Gasteiger partial charge in [0, 0.05) is 63.3 Å². The minimum atomic E-state index is 0.0522. The van der Waals surface area contributed by atoms with Crippen molar-refractivity contribution in [3.63, 3.8) is 0 Å². The Morgan fingerprint density at radius 1 is 1.12 bits per heavy atom. The third-order valence-electron chi connectivity index (χ3n) is 4.24. The summed E-state index contributed by atoms with van der Waals surface area (Å²) in [4.78, 5) is 25.2. The van der Waals surface area contributed by atoms with Gasteiger partial charge in [-0.1, -0.05) is 6.07 Å². The van der Waals surface area contributed by atoms with Gasteiger partial charge in [-0.15, -0.1) is 0 Å². The summed E-state index contributed by atoms with van der Waals surface area (Å²) >= 11 is 0. The molecule has 0 spiro atoms. The van der Waals surface area contributed by atoms with Crippen LogP contribution in [-0.4, -0.2) is 59.3 Å². The average Bonchev–Trinajstić information content (AvgIpc) is 2.61. The van der Waals surface area contributed by atoms with E-state index in [4.69, 9.17) is 4.74 Å². The zero-order valence-electron chi connectivity index (χ0n) is 14.2.